The molecule has 6 atom stereocenters. The number of nitrogens with zero attached hydrogens (tertiary/aromatic N) is 4. The van der Waals surface area contributed by atoms with Crippen molar-refractivity contribution in [2.45, 2.75) is 62.3 Å². The average molecular weight is 633 g/mol. The van der Waals surface area contributed by atoms with Crippen molar-refractivity contribution in [2.24, 2.45) is 5.92 Å². The van der Waals surface area contributed by atoms with Crippen LogP contribution in [-0.2, 0) is 18.9 Å². The van der Waals surface area contributed by atoms with Crippen LogP contribution < -0.4 is 10.6 Å². The molecule has 1 aliphatic heterocycles. The molecule has 2 aromatic heterocycles. The number of amides is 2. The highest BCUT2D eigenvalue weighted by molar-refractivity contribution is 6.20. The highest BCUT2D eigenvalue weighted by Gasteiger charge is 2.53. The highest BCUT2D eigenvalue weighted by Crippen LogP contribution is 2.49. The zero-order valence-electron chi connectivity index (χ0n) is 24.5. The van der Waals surface area contributed by atoms with E-state index in [1.165, 1.54) is 6.33 Å². The van der Waals surface area contributed by atoms with Crippen molar-refractivity contribution in [3.8, 4) is 0 Å². The van der Waals surface area contributed by atoms with E-state index in [2.05, 4.69) is 25.6 Å². The van der Waals surface area contributed by atoms with Gasteiger partial charge in [-0.3, -0.25) is 5.32 Å². The summed E-state index contributed by atoms with van der Waals surface area (Å²) in [5.74, 6) is -0.220. The molecule has 12 nitrogen and oxygen atoms in total. The number of fused-ring (bicyclic) bond motifs is 2. The van der Waals surface area contributed by atoms with Crippen LogP contribution in [0.1, 0.15) is 65.6 Å². The van der Waals surface area contributed by atoms with E-state index in [0.29, 0.717) is 34.5 Å². The number of benzene rings is 2. The normalized spacial score (nSPS) is 24.7. The number of ether oxygens (including phenoxy) is 4. The first-order chi connectivity index (χ1) is 22.0. The third-order valence-corrected chi connectivity index (χ3v) is 8.72. The molecule has 2 saturated carbocycles. The second kappa shape index (κ2) is 12.7. The Balaban J connectivity index is 1.13. The Bertz CT molecular complexity index is 1680. The minimum Gasteiger partial charge on any atom is -0.462 e. The number of esters is 1. The molecule has 2 amide bonds. The van der Waals surface area contributed by atoms with E-state index >= 15 is 0 Å². The van der Waals surface area contributed by atoms with Crippen LogP contribution in [0.15, 0.2) is 67.3 Å². The predicted octanol–water partition coefficient (Wildman–Crippen LogP) is 5.28. The van der Waals surface area contributed by atoms with Crippen LogP contribution in [0, 0.1) is 5.92 Å². The fourth-order valence-electron chi connectivity index (χ4n) is 6.07. The number of halogens is 1. The largest absolute Gasteiger partial charge is 0.462 e. The number of rotatable bonds is 10. The molecular weight excluding hydrogens is 600 g/mol. The molecule has 0 spiro atoms. The molecule has 1 saturated heterocycles. The van der Waals surface area contributed by atoms with E-state index in [4.69, 9.17) is 30.5 Å². The van der Waals surface area contributed by atoms with Gasteiger partial charge < -0.3 is 28.8 Å². The van der Waals surface area contributed by atoms with Gasteiger partial charge in [0.05, 0.1) is 37.3 Å². The smallest absolute Gasteiger partial charge is 0.338 e. The number of carbonyl (C=O) groups excluding carboxylic acids is 2. The van der Waals surface area contributed by atoms with E-state index in [1.54, 1.807) is 31.5 Å². The summed E-state index contributed by atoms with van der Waals surface area (Å²) in [6.07, 6.45) is 4.48. The minimum absolute atomic E-state index is 0.106. The first-order valence-corrected chi connectivity index (χ1v) is 15.6. The van der Waals surface area contributed by atoms with Gasteiger partial charge in [0.25, 0.3) is 0 Å². The van der Waals surface area contributed by atoms with Gasteiger partial charge in [0, 0.05) is 23.1 Å². The van der Waals surface area contributed by atoms with Crippen LogP contribution in [0.25, 0.3) is 11.2 Å². The van der Waals surface area contributed by atoms with Crippen molar-refractivity contribution < 1.29 is 28.5 Å². The Morgan fingerprint density at radius 3 is 2.62 bits per heavy atom. The Morgan fingerprint density at radius 1 is 1.04 bits per heavy atom. The van der Waals surface area contributed by atoms with Gasteiger partial charge in [-0.05, 0) is 32.3 Å². The molecule has 7 rings (SSSR count). The lowest BCUT2D eigenvalue weighted by atomic mass is 10.1. The molecule has 3 aliphatic rings. The molecule has 4 aromatic rings. The van der Waals surface area contributed by atoms with Crippen LogP contribution >= 0.6 is 11.6 Å². The SMILES string of the molecule is CCOC(=O)c1ccccc1C(Cl)OCC1CC(n2cnc3c(NC(=O)NC4CC4)ncnc32)C2O[C@@H](c3ccccc3)OC12. The van der Waals surface area contributed by atoms with E-state index < -0.39 is 17.8 Å². The van der Waals surface area contributed by atoms with E-state index in [0.717, 1.165) is 18.4 Å². The van der Waals surface area contributed by atoms with Crippen molar-refractivity contribution in [1.82, 2.24) is 24.8 Å². The molecule has 3 fully saturated rings. The maximum Gasteiger partial charge on any atom is 0.338 e. The number of hydrogen-bond donors (Lipinski definition) is 2. The molecule has 13 heteroatoms. The van der Waals surface area contributed by atoms with Crippen LogP contribution in [0.2, 0.25) is 0 Å². The summed E-state index contributed by atoms with van der Waals surface area (Å²) in [5, 5.41) is 5.72. The van der Waals surface area contributed by atoms with Crippen LogP contribution in [0.5, 0.6) is 0 Å². The van der Waals surface area contributed by atoms with Crippen LogP contribution in [-0.4, -0.2) is 63.0 Å². The molecule has 0 bridgehead atoms. The summed E-state index contributed by atoms with van der Waals surface area (Å²) in [6.45, 7) is 2.27. The number of aromatic nitrogens is 4. The lowest BCUT2D eigenvalue weighted by molar-refractivity contribution is -0.0939. The predicted molar refractivity (Wildman–Crippen MR) is 164 cm³/mol. The summed E-state index contributed by atoms with van der Waals surface area (Å²) in [4.78, 5) is 38.4. The fraction of sp³-hybridized carbons (Fsp3) is 0.406. The van der Waals surface area contributed by atoms with Crippen molar-refractivity contribution >= 4 is 40.6 Å². The summed E-state index contributed by atoms with van der Waals surface area (Å²) in [6, 6.07) is 16.5. The molecule has 0 radical (unpaired) electrons. The first-order valence-electron chi connectivity index (χ1n) is 15.1. The third-order valence-electron chi connectivity index (χ3n) is 8.36. The molecule has 5 unspecified atom stereocenters. The number of hydrogen-bond acceptors (Lipinski definition) is 9. The van der Waals surface area contributed by atoms with Gasteiger partial charge in [-0.15, -0.1) is 0 Å². The lowest BCUT2D eigenvalue weighted by Gasteiger charge is -2.22. The molecule has 45 heavy (non-hydrogen) atoms. The zero-order valence-corrected chi connectivity index (χ0v) is 25.3. The molecule has 234 valence electrons. The van der Waals surface area contributed by atoms with Crippen molar-refractivity contribution in [3.63, 3.8) is 0 Å². The lowest BCUT2D eigenvalue weighted by Crippen LogP contribution is -2.30. The number of carbonyl (C=O) groups is 2. The Kier molecular flexibility index (Phi) is 8.37. The Labute approximate surface area is 264 Å². The Hall–Kier alpha value is -4.10. The minimum atomic E-state index is -0.882. The Morgan fingerprint density at radius 2 is 1.82 bits per heavy atom. The van der Waals surface area contributed by atoms with E-state index in [-0.39, 0.29) is 49.5 Å². The quantitative estimate of drug-likeness (QED) is 0.176. The number of alkyl halides is 1. The first kappa shape index (κ1) is 29.6. The summed E-state index contributed by atoms with van der Waals surface area (Å²) >= 11 is 6.74. The summed E-state index contributed by atoms with van der Waals surface area (Å²) < 4.78 is 26.5. The van der Waals surface area contributed by atoms with Crippen molar-refractivity contribution in [1.29, 1.82) is 0 Å². The number of urea groups is 1. The second-order valence-corrected chi connectivity index (χ2v) is 11.8. The number of imidazole rings is 1. The third kappa shape index (κ3) is 6.10. The van der Waals surface area contributed by atoms with E-state index in [1.807, 2.05) is 41.0 Å². The van der Waals surface area contributed by atoms with Gasteiger partial charge in [0.15, 0.2) is 28.8 Å². The second-order valence-electron chi connectivity index (χ2n) is 11.4. The van der Waals surface area contributed by atoms with Gasteiger partial charge in [0.1, 0.15) is 12.4 Å². The molecule has 2 aromatic carbocycles. The highest BCUT2D eigenvalue weighted by atomic mass is 35.5. The number of anilines is 1. The molecule has 2 N–H and O–H groups in total. The van der Waals surface area contributed by atoms with Crippen molar-refractivity contribution in [2.75, 3.05) is 18.5 Å². The van der Waals surface area contributed by atoms with Gasteiger partial charge in [-0.25, -0.2) is 24.5 Å². The molecule has 3 heterocycles. The maximum absolute atomic E-state index is 12.5. The van der Waals surface area contributed by atoms with Crippen LogP contribution in [0.4, 0.5) is 10.6 Å². The van der Waals surface area contributed by atoms with E-state index in [9.17, 15) is 9.59 Å². The summed E-state index contributed by atoms with van der Waals surface area (Å²) in [7, 11) is 0. The molecular formula is C32H33ClN6O6. The topological polar surface area (TPSA) is 139 Å². The summed E-state index contributed by atoms with van der Waals surface area (Å²) in [5.41, 5.74) is 1.99. The fourth-order valence-corrected chi connectivity index (χ4v) is 6.34. The van der Waals surface area contributed by atoms with Gasteiger partial charge in [-0.1, -0.05) is 60.1 Å². The molecule has 2 aliphatic carbocycles. The van der Waals surface area contributed by atoms with Crippen LogP contribution in [0.3, 0.4) is 0 Å². The average Bonchev–Trinajstić information content (AvgIpc) is 3.44. The van der Waals surface area contributed by atoms with Gasteiger partial charge >= 0.3 is 12.0 Å². The van der Waals surface area contributed by atoms with Gasteiger partial charge in [-0.2, -0.15) is 0 Å². The zero-order chi connectivity index (χ0) is 30.9. The van der Waals surface area contributed by atoms with Gasteiger partial charge in [0.2, 0.25) is 0 Å². The van der Waals surface area contributed by atoms with Crippen molar-refractivity contribution in [3.05, 3.63) is 83.9 Å². The number of nitrogens with one attached hydrogen (secondary N) is 2. The monoisotopic (exact) mass is 632 g/mol. The maximum atomic E-state index is 12.5. The standard InChI is InChI=1S/C32H33ClN6O6/c1-2-42-30(40)22-11-7-6-10-21(22)27(33)43-15-19-14-23(26-25(19)44-31(45-26)18-8-4-3-5-9-18)39-17-36-24-28(34-16-35-29(24)39)38-32(41)37-20-12-13-20/h3-11,16-17,19-20,23,25-27,31H,2,12-15H2,1H3,(H2,34,35,37,38,41)/t19?,23?,25?,26?,27?,31-/m0/s1.